The molecule has 0 atom stereocenters. The molecule has 0 aromatic heterocycles. The van der Waals surface area contributed by atoms with Gasteiger partial charge in [-0.05, 0) is 37.3 Å². The normalized spacial score (nSPS) is 11.3. The molecule has 0 heterocycles. The molecule has 0 amide bonds. The van der Waals surface area contributed by atoms with Crippen LogP contribution in [0.2, 0.25) is 5.02 Å². The number of rotatable bonds is 21. The molecule has 0 bridgehead atoms. The van der Waals surface area contributed by atoms with Crippen molar-refractivity contribution in [1.82, 2.24) is 0 Å². The SMILES string of the molecule is CCCCCCCCCCNc1c(Cl)cc(CCCCCCCCCC(F)F)cc1[N+](=O)[O-]. The largest absolute Gasteiger partial charge is 0.378 e. The standard InChI is InChI=1S/C26H43ClF2N2O2/c1-2-3-4-5-6-10-13-16-19-30-26-23(27)20-22(21-24(26)31(32)33)17-14-11-8-7-9-12-15-18-25(28)29/h20-21,25,30H,2-19H2,1H3. The Balaban J connectivity index is 2.32. The van der Waals surface area contributed by atoms with Crippen molar-refractivity contribution in [2.45, 2.75) is 123 Å². The van der Waals surface area contributed by atoms with E-state index < -0.39 is 6.43 Å². The molecule has 0 saturated carbocycles. The zero-order valence-corrected chi connectivity index (χ0v) is 21.1. The summed E-state index contributed by atoms with van der Waals surface area (Å²) in [7, 11) is 0. The van der Waals surface area contributed by atoms with E-state index in [9.17, 15) is 18.9 Å². The van der Waals surface area contributed by atoms with Gasteiger partial charge in [-0.2, -0.15) is 0 Å². The van der Waals surface area contributed by atoms with Gasteiger partial charge in [-0.3, -0.25) is 10.1 Å². The van der Waals surface area contributed by atoms with Crippen molar-refractivity contribution in [3.05, 3.63) is 32.8 Å². The molecule has 1 aromatic rings. The highest BCUT2D eigenvalue weighted by Crippen LogP contribution is 2.34. The maximum absolute atomic E-state index is 12.1. The summed E-state index contributed by atoms with van der Waals surface area (Å²) in [6.45, 7) is 2.91. The van der Waals surface area contributed by atoms with E-state index in [4.69, 9.17) is 11.6 Å². The third kappa shape index (κ3) is 14.4. The Morgan fingerprint density at radius 2 is 1.42 bits per heavy atom. The monoisotopic (exact) mass is 488 g/mol. The van der Waals surface area contributed by atoms with Crippen molar-refractivity contribution in [2.75, 3.05) is 11.9 Å². The van der Waals surface area contributed by atoms with E-state index >= 15 is 0 Å². The molecule has 0 fully saturated rings. The maximum atomic E-state index is 12.1. The minimum absolute atomic E-state index is 0.00349. The lowest BCUT2D eigenvalue weighted by Gasteiger charge is -2.11. The fraction of sp³-hybridized carbons (Fsp3) is 0.769. The number of hydrogen-bond donors (Lipinski definition) is 1. The number of hydrogen-bond acceptors (Lipinski definition) is 3. The summed E-state index contributed by atoms with van der Waals surface area (Å²) >= 11 is 6.40. The van der Waals surface area contributed by atoms with Gasteiger partial charge in [-0.1, -0.05) is 95.6 Å². The number of nitro groups is 1. The summed E-state index contributed by atoms with van der Waals surface area (Å²) < 4.78 is 24.2. The van der Waals surface area contributed by atoms with Crippen molar-refractivity contribution in [2.24, 2.45) is 0 Å². The zero-order chi connectivity index (χ0) is 24.3. The van der Waals surface area contributed by atoms with Crippen LogP contribution in [0.4, 0.5) is 20.2 Å². The minimum atomic E-state index is -2.19. The van der Waals surface area contributed by atoms with Gasteiger partial charge in [0, 0.05) is 19.0 Å². The first-order valence-electron chi connectivity index (χ1n) is 12.9. The average molecular weight is 489 g/mol. The van der Waals surface area contributed by atoms with Gasteiger partial charge in [-0.15, -0.1) is 0 Å². The Bertz CT molecular complexity index is 659. The predicted octanol–water partition coefficient (Wildman–Crippen LogP) is 9.73. The van der Waals surface area contributed by atoms with Crippen LogP contribution in [0.15, 0.2) is 12.1 Å². The zero-order valence-electron chi connectivity index (χ0n) is 20.4. The quantitative estimate of drug-likeness (QED) is 0.106. The molecular weight excluding hydrogens is 446 g/mol. The van der Waals surface area contributed by atoms with Gasteiger partial charge in [0.2, 0.25) is 6.43 Å². The molecule has 4 nitrogen and oxygen atoms in total. The highest BCUT2D eigenvalue weighted by molar-refractivity contribution is 6.33. The molecule has 0 spiro atoms. The molecule has 0 unspecified atom stereocenters. The molecular formula is C26H43ClF2N2O2. The molecule has 0 radical (unpaired) electrons. The molecule has 0 aliphatic heterocycles. The van der Waals surface area contributed by atoms with E-state index in [0.717, 1.165) is 63.4 Å². The smallest absolute Gasteiger partial charge is 0.294 e. The molecule has 1 N–H and O–H groups in total. The van der Waals surface area contributed by atoms with E-state index in [1.807, 2.05) is 6.07 Å². The van der Waals surface area contributed by atoms with Gasteiger partial charge in [0.05, 0.1) is 9.95 Å². The highest BCUT2D eigenvalue weighted by atomic mass is 35.5. The van der Waals surface area contributed by atoms with E-state index in [-0.39, 0.29) is 17.0 Å². The number of halogens is 3. The Labute approximate surface area is 204 Å². The Morgan fingerprint density at radius 1 is 0.879 bits per heavy atom. The van der Waals surface area contributed by atoms with E-state index in [0.29, 0.717) is 23.7 Å². The van der Waals surface area contributed by atoms with Gasteiger partial charge in [-0.25, -0.2) is 8.78 Å². The van der Waals surface area contributed by atoms with Crippen molar-refractivity contribution >= 4 is 23.0 Å². The molecule has 1 aromatic carbocycles. The summed E-state index contributed by atoms with van der Waals surface area (Å²) in [6, 6.07) is 3.49. The lowest BCUT2D eigenvalue weighted by Crippen LogP contribution is -2.06. The summed E-state index contributed by atoms with van der Waals surface area (Å²) in [5.41, 5.74) is 1.37. The number of aryl methyl sites for hydroxylation is 1. The topological polar surface area (TPSA) is 55.2 Å². The Morgan fingerprint density at radius 3 is 2.00 bits per heavy atom. The van der Waals surface area contributed by atoms with E-state index in [2.05, 4.69) is 12.2 Å². The number of alkyl halides is 2. The van der Waals surface area contributed by atoms with Crippen molar-refractivity contribution < 1.29 is 13.7 Å². The van der Waals surface area contributed by atoms with Crippen LogP contribution in [-0.4, -0.2) is 17.9 Å². The van der Waals surface area contributed by atoms with Gasteiger partial charge in [0.15, 0.2) is 0 Å². The summed E-state index contributed by atoms with van der Waals surface area (Å²) in [5.74, 6) is 0. The maximum Gasteiger partial charge on any atom is 0.294 e. The average Bonchev–Trinajstić information content (AvgIpc) is 2.77. The molecule has 0 aliphatic rings. The molecule has 1 rings (SSSR count). The van der Waals surface area contributed by atoms with Gasteiger partial charge < -0.3 is 5.32 Å². The minimum Gasteiger partial charge on any atom is -0.378 e. The number of unbranched alkanes of at least 4 members (excludes halogenated alkanes) is 13. The summed E-state index contributed by atoms with van der Waals surface area (Å²) in [4.78, 5) is 11.2. The van der Waals surface area contributed by atoms with E-state index in [1.54, 1.807) is 6.07 Å². The predicted molar refractivity (Wildman–Crippen MR) is 136 cm³/mol. The molecule has 0 saturated heterocycles. The van der Waals surface area contributed by atoms with E-state index in [1.165, 1.54) is 38.5 Å². The first kappa shape index (κ1) is 29.6. The first-order chi connectivity index (χ1) is 16.0. The number of nitro benzene ring substituents is 1. The van der Waals surface area contributed by atoms with Gasteiger partial charge in [0.1, 0.15) is 5.69 Å². The van der Waals surface area contributed by atoms with Crippen LogP contribution < -0.4 is 5.32 Å². The van der Waals surface area contributed by atoms with Crippen molar-refractivity contribution in [3.8, 4) is 0 Å². The van der Waals surface area contributed by atoms with Crippen LogP contribution >= 0.6 is 11.6 Å². The Kier molecular flexibility index (Phi) is 17.0. The second-order valence-electron chi connectivity index (χ2n) is 9.04. The molecule has 190 valence electrons. The summed E-state index contributed by atoms with van der Waals surface area (Å²) in [6.07, 6.45) is 14.8. The molecule has 0 aliphatic carbocycles. The molecule has 33 heavy (non-hydrogen) atoms. The number of anilines is 1. The Hall–Kier alpha value is -1.43. The van der Waals surface area contributed by atoms with Crippen LogP contribution in [0.5, 0.6) is 0 Å². The van der Waals surface area contributed by atoms with Crippen molar-refractivity contribution in [1.29, 1.82) is 0 Å². The second-order valence-corrected chi connectivity index (χ2v) is 9.44. The second kappa shape index (κ2) is 18.9. The third-order valence-corrected chi connectivity index (χ3v) is 6.34. The lowest BCUT2D eigenvalue weighted by molar-refractivity contribution is -0.384. The number of benzene rings is 1. The van der Waals surface area contributed by atoms with Crippen LogP contribution in [0.1, 0.15) is 115 Å². The fourth-order valence-electron chi connectivity index (χ4n) is 4.09. The number of nitrogens with one attached hydrogen (secondary N) is 1. The van der Waals surface area contributed by atoms with Crippen LogP contribution in [0.3, 0.4) is 0 Å². The van der Waals surface area contributed by atoms with Crippen molar-refractivity contribution in [3.63, 3.8) is 0 Å². The molecule has 7 heteroatoms. The third-order valence-electron chi connectivity index (χ3n) is 6.05. The summed E-state index contributed by atoms with van der Waals surface area (Å²) in [5, 5.41) is 15.2. The van der Waals surface area contributed by atoms with Crippen LogP contribution in [0, 0.1) is 10.1 Å². The number of nitrogens with zero attached hydrogens (tertiary/aromatic N) is 1. The lowest BCUT2D eigenvalue weighted by atomic mass is 10.0. The highest BCUT2D eigenvalue weighted by Gasteiger charge is 2.18. The van der Waals surface area contributed by atoms with Crippen LogP contribution in [-0.2, 0) is 6.42 Å². The van der Waals surface area contributed by atoms with Crippen LogP contribution in [0.25, 0.3) is 0 Å². The first-order valence-corrected chi connectivity index (χ1v) is 13.3. The van der Waals surface area contributed by atoms with Gasteiger partial charge >= 0.3 is 0 Å². The van der Waals surface area contributed by atoms with Gasteiger partial charge in [0.25, 0.3) is 5.69 Å². The fourth-order valence-corrected chi connectivity index (χ4v) is 4.40.